The Labute approximate surface area is 113 Å². The highest BCUT2D eigenvalue weighted by Crippen LogP contribution is 2.34. The number of carboxylic acid groups (broad SMARTS) is 1. The maximum Gasteiger partial charge on any atom is 0.417 e. The highest BCUT2D eigenvalue weighted by Gasteiger charge is 2.35. The van der Waals surface area contributed by atoms with E-state index in [0.717, 1.165) is 18.6 Å². The lowest BCUT2D eigenvalue weighted by Gasteiger charge is -2.26. The van der Waals surface area contributed by atoms with Crippen LogP contribution in [0.2, 0.25) is 0 Å². The maximum absolute atomic E-state index is 12.7. The quantitative estimate of drug-likeness (QED) is 0.929. The molecule has 1 saturated heterocycles. The molecule has 0 bridgehead atoms. The smallest absolute Gasteiger partial charge is 0.417 e. The van der Waals surface area contributed by atoms with Crippen molar-refractivity contribution in [3.63, 3.8) is 0 Å². The molecule has 0 aromatic heterocycles. The van der Waals surface area contributed by atoms with Crippen molar-refractivity contribution in [1.82, 2.24) is 0 Å². The van der Waals surface area contributed by atoms with Crippen LogP contribution in [0.4, 0.5) is 18.9 Å². The zero-order chi connectivity index (χ0) is 14.9. The van der Waals surface area contributed by atoms with Gasteiger partial charge in [-0.1, -0.05) is 0 Å². The molecule has 0 spiro atoms. The molecule has 7 heteroatoms. The lowest BCUT2D eigenvalue weighted by molar-refractivity contribution is -0.138. The monoisotopic (exact) mass is 289 g/mol. The third-order valence-electron chi connectivity index (χ3n) is 3.40. The second-order valence-electron chi connectivity index (χ2n) is 4.66. The number of nitrogens with zero attached hydrogens (tertiary/aromatic N) is 1. The number of aromatic carboxylic acids is 1. The van der Waals surface area contributed by atoms with Crippen LogP contribution in [0.1, 0.15) is 22.3 Å². The first kappa shape index (κ1) is 14.6. The Morgan fingerprint density at radius 3 is 2.65 bits per heavy atom. The molecular formula is C13H14F3NO3. The summed E-state index contributed by atoms with van der Waals surface area (Å²) in [5, 5.41) is 8.96. The summed E-state index contributed by atoms with van der Waals surface area (Å²) < 4.78 is 43.5. The summed E-state index contributed by atoms with van der Waals surface area (Å²) in [4.78, 5) is 12.8. The standard InChI is InChI=1S/C13H14F3NO3/c1-17(9-4-5-20-7-9)8-2-3-11(13(14,15)16)10(6-8)12(18)19/h2-3,6,9H,4-5,7H2,1H3,(H,18,19). The molecule has 1 atom stereocenters. The van der Waals surface area contributed by atoms with Gasteiger partial charge in [-0.3, -0.25) is 0 Å². The van der Waals surface area contributed by atoms with Crippen LogP contribution < -0.4 is 4.90 Å². The van der Waals surface area contributed by atoms with E-state index in [-0.39, 0.29) is 6.04 Å². The van der Waals surface area contributed by atoms with Gasteiger partial charge in [-0.2, -0.15) is 13.2 Å². The topological polar surface area (TPSA) is 49.8 Å². The Morgan fingerprint density at radius 2 is 2.15 bits per heavy atom. The normalized spacial score (nSPS) is 19.1. The van der Waals surface area contributed by atoms with Gasteiger partial charge < -0.3 is 14.7 Å². The molecule has 1 aliphatic heterocycles. The Kier molecular flexibility index (Phi) is 3.89. The van der Waals surface area contributed by atoms with Crippen LogP contribution in [0.15, 0.2) is 18.2 Å². The van der Waals surface area contributed by atoms with E-state index >= 15 is 0 Å². The molecule has 1 N–H and O–H groups in total. The minimum absolute atomic E-state index is 0.0494. The molecule has 1 aliphatic rings. The second kappa shape index (κ2) is 5.32. The van der Waals surface area contributed by atoms with E-state index in [1.54, 1.807) is 11.9 Å². The van der Waals surface area contributed by atoms with E-state index in [4.69, 9.17) is 9.84 Å². The number of hydrogen-bond donors (Lipinski definition) is 1. The third kappa shape index (κ3) is 2.87. The number of rotatable bonds is 3. The van der Waals surface area contributed by atoms with Crippen LogP contribution >= 0.6 is 0 Å². The van der Waals surface area contributed by atoms with Gasteiger partial charge in [-0.25, -0.2) is 4.79 Å². The molecule has 4 nitrogen and oxygen atoms in total. The van der Waals surface area contributed by atoms with Crippen LogP contribution in [0.25, 0.3) is 0 Å². The predicted octanol–water partition coefficient (Wildman–Crippen LogP) is 2.63. The van der Waals surface area contributed by atoms with Crippen molar-refractivity contribution in [2.75, 3.05) is 25.2 Å². The largest absolute Gasteiger partial charge is 0.478 e. The number of halogens is 3. The fraction of sp³-hybridized carbons (Fsp3) is 0.462. The summed E-state index contributed by atoms with van der Waals surface area (Å²) in [5.41, 5.74) is -1.43. The number of likely N-dealkylation sites (N-methyl/N-ethyl adjacent to an activating group) is 1. The van der Waals surface area contributed by atoms with Gasteiger partial charge in [0.2, 0.25) is 0 Å². The van der Waals surface area contributed by atoms with Gasteiger partial charge >= 0.3 is 12.1 Å². The minimum Gasteiger partial charge on any atom is -0.478 e. The number of carboxylic acids is 1. The molecule has 1 unspecified atom stereocenters. The van der Waals surface area contributed by atoms with Crippen molar-refractivity contribution in [3.8, 4) is 0 Å². The van der Waals surface area contributed by atoms with Crippen molar-refractivity contribution in [2.24, 2.45) is 0 Å². The Morgan fingerprint density at radius 1 is 1.45 bits per heavy atom. The molecule has 1 aromatic rings. The van der Waals surface area contributed by atoms with E-state index in [9.17, 15) is 18.0 Å². The SMILES string of the molecule is CN(c1ccc(C(F)(F)F)c(C(=O)O)c1)C1CCOC1. The van der Waals surface area contributed by atoms with Crippen molar-refractivity contribution >= 4 is 11.7 Å². The molecule has 2 rings (SSSR count). The van der Waals surface area contributed by atoms with E-state index in [1.165, 1.54) is 6.07 Å². The van der Waals surface area contributed by atoms with Crippen LogP contribution in [-0.4, -0.2) is 37.4 Å². The van der Waals surface area contributed by atoms with Gasteiger partial charge in [0.15, 0.2) is 0 Å². The minimum atomic E-state index is -4.68. The van der Waals surface area contributed by atoms with Crippen LogP contribution in [-0.2, 0) is 10.9 Å². The predicted molar refractivity (Wildman–Crippen MR) is 66.0 cm³/mol. The fourth-order valence-electron chi connectivity index (χ4n) is 2.21. The molecular weight excluding hydrogens is 275 g/mol. The summed E-state index contributed by atoms with van der Waals surface area (Å²) in [6.45, 7) is 1.08. The third-order valence-corrected chi connectivity index (χ3v) is 3.40. The molecule has 1 fully saturated rings. The molecule has 0 amide bonds. The number of alkyl halides is 3. The Hall–Kier alpha value is -1.76. The first-order chi connectivity index (χ1) is 9.30. The number of hydrogen-bond acceptors (Lipinski definition) is 3. The summed E-state index contributed by atoms with van der Waals surface area (Å²) in [6.07, 6.45) is -3.92. The fourth-order valence-corrected chi connectivity index (χ4v) is 2.21. The number of benzene rings is 1. The first-order valence-corrected chi connectivity index (χ1v) is 6.06. The van der Waals surface area contributed by atoms with Crippen molar-refractivity contribution in [1.29, 1.82) is 0 Å². The summed E-state index contributed by atoms with van der Waals surface area (Å²) in [6, 6.07) is 3.20. The van der Waals surface area contributed by atoms with Crippen molar-refractivity contribution in [3.05, 3.63) is 29.3 Å². The maximum atomic E-state index is 12.7. The van der Waals surface area contributed by atoms with Crippen molar-refractivity contribution < 1.29 is 27.8 Å². The first-order valence-electron chi connectivity index (χ1n) is 6.06. The molecule has 0 saturated carbocycles. The summed E-state index contributed by atoms with van der Waals surface area (Å²) in [5.74, 6) is -1.59. The van der Waals surface area contributed by atoms with Crippen LogP contribution in [0, 0.1) is 0 Å². The van der Waals surface area contributed by atoms with E-state index in [1.807, 2.05) is 0 Å². The average molecular weight is 289 g/mol. The van der Waals surface area contributed by atoms with Gasteiger partial charge in [-0.15, -0.1) is 0 Å². The summed E-state index contributed by atoms with van der Waals surface area (Å²) >= 11 is 0. The Balaban J connectivity index is 2.37. The molecule has 0 aliphatic carbocycles. The van der Waals surface area contributed by atoms with Crippen LogP contribution in [0.5, 0.6) is 0 Å². The molecule has 1 aromatic carbocycles. The zero-order valence-electron chi connectivity index (χ0n) is 10.8. The lowest BCUT2D eigenvalue weighted by atomic mass is 10.0. The van der Waals surface area contributed by atoms with E-state index < -0.39 is 23.3 Å². The average Bonchev–Trinajstić information content (AvgIpc) is 2.89. The van der Waals surface area contributed by atoms with Gasteiger partial charge in [0.25, 0.3) is 0 Å². The highest BCUT2D eigenvalue weighted by atomic mass is 19.4. The lowest BCUT2D eigenvalue weighted by Crippen LogP contribution is -2.32. The zero-order valence-corrected chi connectivity index (χ0v) is 10.8. The molecule has 20 heavy (non-hydrogen) atoms. The second-order valence-corrected chi connectivity index (χ2v) is 4.66. The number of anilines is 1. The van der Waals surface area contributed by atoms with Gasteiger partial charge in [0.1, 0.15) is 0 Å². The highest BCUT2D eigenvalue weighted by molar-refractivity contribution is 5.91. The van der Waals surface area contributed by atoms with Gasteiger partial charge in [0.05, 0.1) is 23.8 Å². The molecule has 110 valence electrons. The number of carbonyl (C=O) groups is 1. The van der Waals surface area contributed by atoms with Gasteiger partial charge in [-0.05, 0) is 24.6 Å². The van der Waals surface area contributed by atoms with Crippen molar-refractivity contribution in [2.45, 2.75) is 18.6 Å². The van der Waals surface area contributed by atoms with Gasteiger partial charge in [0, 0.05) is 19.3 Å². The Bertz CT molecular complexity index is 510. The van der Waals surface area contributed by atoms with E-state index in [0.29, 0.717) is 18.9 Å². The van der Waals surface area contributed by atoms with E-state index in [2.05, 4.69) is 0 Å². The van der Waals surface area contributed by atoms with Crippen LogP contribution in [0.3, 0.4) is 0 Å². The summed E-state index contributed by atoms with van der Waals surface area (Å²) in [7, 11) is 1.72. The number of ether oxygens (including phenoxy) is 1. The molecule has 0 radical (unpaired) electrons. The molecule has 1 heterocycles.